The van der Waals surface area contributed by atoms with Gasteiger partial charge in [-0.1, -0.05) is 46.9 Å². The van der Waals surface area contributed by atoms with Crippen LogP contribution in [0.3, 0.4) is 0 Å². The zero-order valence-electron chi connectivity index (χ0n) is 11.0. The van der Waals surface area contributed by atoms with Gasteiger partial charge in [0.25, 0.3) is 0 Å². The molecule has 0 aliphatic carbocycles. The Kier molecular flexibility index (Phi) is 3.94. The van der Waals surface area contributed by atoms with E-state index in [1.165, 1.54) is 0 Å². The van der Waals surface area contributed by atoms with Crippen molar-refractivity contribution in [3.8, 4) is 16.9 Å². The molecule has 2 nitrogen and oxygen atoms in total. The lowest BCUT2D eigenvalue weighted by atomic mass is 10.1. The molecule has 5 heteroatoms. The van der Waals surface area contributed by atoms with E-state index in [9.17, 15) is 0 Å². The van der Waals surface area contributed by atoms with Crippen molar-refractivity contribution in [1.82, 2.24) is 4.98 Å². The van der Waals surface area contributed by atoms with E-state index in [0.717, 1.165) is 22.3 Å². The summed E-state index contributed by atoms with van der Waals surface area (Å²) >= 11 is 18.7. The Morgan fingerprint density at radius 1 is 1.00 bits per heavy atom. The van der Waals surface area contributed by atoms with Crippen molar-refractivity contribution in [2.75, 3.05) is 7.11 Å². The van der Waals surface area contributed by atoms with E-state index >= 15 is 0 Å². The third-order valence-corrected chi connectivity index (χ3v) is 4.14. The molecule has 0 atom stereocenters. The van der Waals surface area contributed by atoms with E-state index in [-0.39, 0.29) is 0 Å². The van der Waals surface area contributed by atoms with Crippen LogP contribution < -0.4 is 4.74 Å². The quantitative estimate of drug-likeness (QED) is 0.583. The van der Waals surface area contributed by atoms with Crippen LogP contribution >= 0.6 is 34.8 Å². The summed E-state index contributed by atoms with van der Waals surface area (Å²) in [6.07, 6.45) is 1.71. The highest BCUT2D eigenvalue weighted by atomic mass is 35.5. The number of pyridine rings is 1. The number of fused-ring (bicyclic) bond motifs is 1. The monoisotopic (exact) mass is 337 g/mol. The van der Waals surface area contributed by atoms with Crippen LogP contribution in [0.4, 0.5) is 0 Å². The van der Waals surface area contributed by atoms with Crippen LogP contribution in [0.1, 0.15) is 0 Å². The fourth-order valence-electron chi connectivity index (χ4n) is 2.17. The van der Waals surface area contributed by atoms with Gasteiger partial charge in [-0.05, 0) is 29.8 Å². The fraction of sp³-hybridized carbons (Fsp3) is 0.0625. The summed E-state index contributed by atoms with van der Waals surface area (Å²) in [5, 5.41) is 2.33. The molecule has 1 heterocycles. The Hall–Kier alpha value is -1.48. The molecule has 21 heavy (non-hydrogen) atoms. The highest BCUT2D eigenvalue weighted by Crippen LogP contribution is 2.37. The van der Waals surface area contributed by atoms with Gasteiger partial charge in [0.15, 0.2) is 0 Å². The van der Waals surface area contributed by atoms with E-state index < -0.39 is 0 Å². The number of hydrogen-bond donors (Lipinski definition) is 0. The number of methoxy groups -OCH3 is 1. The van der Waals surface area contributed by atoms with Crippen LogP contribution in [0.2, 0.25) is 15.1 Å². The van der Waals surface area contributed by atoms with E-state index in [2.05, 4.69) is 4.98 Å². The van der Waals surface area contributed by atoms with Crippen molar-refractivity contribution in [3.63, 3.8) is 0 Å². The van der Waals surface area contributed by atoms with Gasteiger partial charge in [-0.2, -0.15) is 0 Å². The normalized spacial score (nSPS) is 10.9. The first-order chi connectivity index (χ1) is 10.1. The number of aromatic nitrogens is 1. The molecule has 0 saturated carbocycles. The Balaban J connectivity index is 2.21. The van der Waals surface area contributed by atoms with Gasteiger partial charge >= 0.3 is 0 Å². The van der Waals surface area contributed by atoms with Crippen molar-refractivity contribution >= 4 is 45.7 Å². The highest BCUT2D eigenvalue weighted by molar-refractivity contribution is 6.42. The molecule has 3 aromatic rings. The number of rotatable bonds is 2. The lowest BCUT2D eigenvalue weighted by Crippen LogP contribution is -1.88. The largest absolute Gasteiger partial charge is 0.497 e. The topological polar surface area (TPSA) is 22.1 Å². The van der Waals surface area contributed by atoms with E-state index in [4.69, 9.17) is 39.5 Å². The zero-order valence-corrected chi connectivity index (χ0v) is 13.3. The lowest BCUT2D eigenvalue weighted by molar-refractivity contribution is 0.415. The van der Waals surface area contributed by atoms with E-state index in [1.807, 2.05) is 24.3 Å². The lowest BCUT2D eigenvalue weighted by Gasteiger charge is -2.09. The molecule has 0 aliphatic heterocycles. The number of benzene rings is 2. The van der Waals surface area contributed by atoms with Gasteiger partial charge in [0, 0.05) is 22.2 Å². The standard InChI is InChI=1S/C16H10Cl3NO/c1-21-11-4-2-9(3-5-11)13-8-20-16-12(15(13)19)6-10(17)7-14(16)18/h2-8H,1H3. The average molecular weight is 339 g/mol. The summed E-state index contributed by atoms with van der Waals surface area (Å²) in [5.41, 5.74) is 2.42. The molecule has 1 aromatic heterocycles. The molecule has 0 radical (unpaired) electrons. The molecule has 0 aliphatic rings. The third kappa shape index (κ3) is 2.67. The molecule has 0 bridgehead atoms. The van der Waals surface area contributed by atoms with Crippen LogP contribution in [-0.4, -0.2) is 12.1 Å². The molecule has 0 fully saturated rings. The van der Waals surface area contributed by atoms with Crippen LogP contribution in [0.15, 0.2) is 42.6 Å². The van der Waals surface area contributed by atoms with Gasteiger partial charge in [0.05, 0.1) is 22.7 Å². The maximum Gasteiger partial charge on any atom is 0.118 e. The summed E-state index contributed by atoms with van der Waals surface area (Å²) in [6, 6.07) is 11.0. The van der Waals surface area contributed by atoms with Gasteiger partial charge in [-0.25, -0.2) is 0 Å². The van der Waals surface area contributed by atoms with Gasteiger partial charge in [-0.3, -0.25) is 4.98 Å². The predicted molar refractivity (Wildman–Crippen MR) is 88.8 cm³/mol. The van der Waals surface area contributed by atoms with Crippen molar-refractivity contribution in [2.45, 2.75) is 0 Å². The second-order valence-electron chi connectivity index (χ2n) is 4.50. The van der Waals surface area contributed by atoms with Crippen molar-refractivity contribution in [2.24, 2.45) is 0 Å². The first kappa shape index (κ1) is 14.5. The van der Waals surface area contributed by atoms with Crippen molar-refractivity contribution in [1.29, 1.82) is 0 Å². The molecular formula is C16H10Cl3NO. The molecule has 0 unspecified atom stereocenters. The summed E-state index contributed by atoms with van der Waals surface area (Å²) in [5.74, 6) is 0.787. The zero-order chi connectivity index (χ0) is 15.0. The molecule has 0 N–H and O–H groups in total. The van der Waals surface area contributed by atoms with Crippen LogP contribution in [0.25, 0.3) is 22.0 Å². The maximum absolute atomic E-state index is 6.51. The van der Waals surface area contributed by atoms with Crippen molar-refractivity contribution in [3.05, 3.63) is 57.7 Å². The summed E-state index contributed by atoms with van der Waals surface area (Å²) in [6.45, 7) is 0. The summed E-state index contributed by atoms with van der Waals surface area (Å²) in [7, 11) is 1.63. The molecule has 0 amide bonds. The van der Waals surface area contributed by atoms with Gasteiger partial charge in [0.2, 0.25) is 0 Å². The van der Waals surface area contributed by atoms with E-state index in [1.54, 1.807) is 25.4 Å². The number of halogens is 3. The molecular weight excluding hydrogens is 329 g/mol. The number of nitrogens with zero attached hydrogens (tertiary/aromatic N) is 1. The molecule has 0 saturated heterocycles. The van der Waals surface area contributed by atoms with Crippen molar-refractivity contribution < 1.29 is 4.74 Å². The van der Waals surface area contributed by atoms with Gasteiger partial charge in [0.1, 0.15) is 5.75 Å². The van der Waals surface area contributed by atoms with Gasteiger partial charge < -0.3 is 4.74 Å². The summed E-state index contributed by atoms with van der Waals surface area (Å²) in [4.78, 5) is 4.40. The fourth-order valence-corrected chi connectivity index (χ4v) is 3.01. The number of ether oxygens (including phenoxy) is 1. The maximum atomic E-state index is 6.51. The smallest absolute Gasteiger partial charge is 0.118 e. The second-order valence-corrected chi connectivity index (χ2v) is 5.72. The molecule has 3 rings (SSSR count). The summed E-state index contributed by atoms with van der Waals surface area (Å²) < 4.78 is 5.15. The van der Waals surface area contributed by atoms with Gasteiger partial charge in [-0.15, -0.1) is 0 Å². The van der Waals surface area contributed by atoms with Crippen LogP contribution in [0, 0.1) is 0 Å². The first-order valence-electron chi connectivity index (χ1n) is 6.18. The Morgan fingerprint density at radius 3 is 2.38 bits per heavy atom. The van der Waals surface area contributed by atoms with Crippen LogP contribution in [-0.2, 0) is 0 Å². The van der Waals surface area contributed by atoms with Crippen LogP contribution in [0.5, 0.6) is 5.75 Å². The first-order valence-corrected chi connectivity index (χ1v) is 7.31. The minimum atomic E-state index is 0.487. The Bertz CT molecular complexity index is 816. The Morgan fingerprint density at radius 2 is 1.71 bits per heavy atom. The average Bonchev–Trinajstić information content (AvgIpc) is 2.48. The minimum absolute atomic E-state index is 0.487. The second kappa shape index (κ2) is 5.72. The predicted octanol–water partition coefficient (Wildman–Crippen LogP) is 5.87. The molecule has 106 valence electrons. The number of hydrogen-bond acceptors (Lipinski definition) is 2. The SMILES string of the molecule is COc1ccc(-c2cnc3c(Cl)cc(Cl)cc3c2Cl)cc1. The Labute approximate surface area is 137 Å². The highest BCUT2D eigenvalue weighted by Gasteiger charge is 2.12. The molecule has 0 spiro atoms. The van der Waals surface area contributed by atoms with E-state index in [0.29, 0.717) is 20.6 Å². The minimum Gasteiger partial charge on any atom is -0.497 e. The molecule has 2 aromatic carbocycles. The third-order valence-electron chi connectivity index (χ3n) is 3.22.